The molecule has 1 aromatic carbocycles. The Morgan fingerprint density at radius 1 is 1.30 bits per heavy atom. The first-order valence-electron chi connectivity index (χ1n) is 6.76. The molecule has 20 heavy (non-hydrogen) atoms. The van der Waals surface area contributed by atoms with Crippen LogP contribution in [0.5, 0.6) is 0 Å². The zero-order valence-electron chi connectivity index (χ0n) is 12.0. The van der Waals surface area contributed by atoms with E-state index in [1.54, 1.807) is 6.92 Å². The van der Waals surface area contributed by atoms with Crippen LogP contribution in [-0.2, 0) is 11.2 Å². The van der Waals surface area contributed by atoms with Crippen LogP contribution in [0.2, 0.25) is 0 Å². The summed E-state index contributed by atoms with van der Waals surface area (Å²) in [7, 11) is 0. The minimum Gasteiger partial charge on any atom is -0.460 e. The van der Waals surface area contributed by atoms with Gasteiger partial charge in [0.1, 0.15) is 5.82 Å². The van der Waals surface area contributed by atoms with E-state index < -0.39 is 5.97 Å². The second kappa shape index (κ2) is 6.32. The van der Waals surface area contributed by atoms with E-state index >= 15 is 0 Å². The first kappa shape index (κ1) is 14.2. The van der Waals surface area contributed by atoms with Crippen molar-refractivity contribution in [1.29, 1.82) is 0 Å². The molecule has 0 radical (unpaired) electrons. The normalized spacial score (nSPS) is 12.2. The first-order chi connectivity index (χ1) is 9.63. The van der Waals surface area contributed by atoms with E-state index in [4.69, 9.17) is 4.74 Å². The molecule has 106 valence electrons. The van der Waals surface area contributed by atoms with E-state index in [1.165, 1.54) is 5.56 Å². The van der Waals surface area contributed by atoms with E-state index in [1.807, 2.05) is 36.6 Å². The predicted octanol–water partition coefficient (Wildman–Crippen LogP) is 2.57. The Morgan fingerprint density at radius 3 is 2.65 bits per heavy atom. The van der Waals surface area contributed by atoms with Gasteiger partial charge in [-0.25, -0.2) is 4.79 Å². The van der Waals surface area contributed by atoms with Crippen LogP contribution in [0.3, 0.4) is 0 Å². The number of benzene rings is 1. The van der Waals surface area contributed by atoms with Gasteiger partial charge in [-0.2, -0.15) is 0 Å². The lowest BCUT2D eigenvalue weighted by Crippen LogP contribution is -2.18. The highest BCUT2D eigenvalue weighted by atomic mass is 16.5. The molecule has 1 unspecified atom stereocenters. The van der Waals surface area contributed by atoms with E-state index in [0.717, 1.165) is 12.2 Å². The maximum absolute atomic E-state index is 11.9. The largest absolute Gasteiger partial charge is 0.460 e. The summed E-state index contributed by atoms with van der Waals surface area (Å²) in [4.78, 5) is 11.9. The molecule has 2 rings (SSSR count). The topological polar surface area (TPSA) is 57.0 Å². The van der Waals surface area contributed by atoms with E-state index in [0.29, 0.717) is 6.61 Å². The molecule has 0 aliphatic carbocycles. The number of ether oxygens (including phenoxy) is 1. The predicted molar refractivity (Wildman–Crippen MR) is 75.6 cm³/mol. The number of hydrogen-bond acceptors (Lipinski definition) is 4. The molecule has 0 aliphatic rings. The van der Waals surface area contributed by atoms with Crippen LogP contribution in [-0.4, -0.2) is 27.3 Å². The standard InChI is InChI=1S/C15H19N3O2/c1-4-20-15(19)14-17-16-12(3)18(14)11(2)10-13-8-6-5-7-9-13/h5-9,11H,4,10H2,1-3H3. The van der Waals surface area contributed by atoms with Crippen LogP contribution < -0.4 is 0 Å². The average molecular weight is 273 g/mol. The summed E-state index contributed by atoms with van der Waals surface area (Å²) in [5, 5.41) is 7.93. The van der Waals surface area contributed by atoms with Crippen LogP contribution in [0.4, 0.5) is 0 Å². The number of rotatable bonds is 5. The molecule has 1 heterocycles. The maximum Gasteiger partial charge on any atom is 0.376 e. The van der Waals surface area contributed by atoms with Crippen molar-refractivity contribution in [2.75, 3.05) is 6.61 Å². The van der Waals surface area contributed by atoms with E-state index in [2.05, 4.69) is 22.3 Å². The number of hydrogen-bond donors (Lipinski definition) is 0. The van der Waals surface area contributed by atoms with Crippen LogP contribution >= 0.6 is 0 Å². The number of aromatic nitrogens is 3. The van der Waals surface area contributed by atoms with Crippen molar-refractivity contribution in [3.05, 3.63) is 47.5 Å². The fourth-order valence-electron chi connectivity index (χ4n) is 2.28. The van der Waals surface area contributed by atoms with Gasteiger partial charge in [0, 0.05) is 6.04 Å². The Bertz CT molecular complexity index is 578. The van der Waals surface area contributed by atoms with Gasteiger partial charge in [-0.05, 0) is 32.8 Å². The molecule has 0 amide bonds. The average Bonchev–Trinajstić information content (AvgIpc) is 2.82. The Labute approximate surface area is 118 Å². The van der Waals surface area contributed by atoms with Crippen LogP contribution in [0.15, 0.2) is 30.3 Å². The molecule has 5 nitrogen and oxygen atoms in total. The van der Waals surface area contributed by atoms with E-state index in [-0.39, 0.29) is 11.9 Å². The zero-order chi connectivity index (χ0) is 14.5. The quantitative estimate of drug-likeness (QED) is 0.786. The highest BCUT2D eigenvalue weighted by molar-refractivity contribution is 5.85. The number of esters is 1. The molecule has 0 saturated heterocycles. The molecule has 0 bridgehead atoms. The third-order valence-corrected chi connectivity index (χ3v) is 3.14. The molecular formula is C15H19N3O2. The summed E-state index contributed by atoms with van der Waals surface area (Å²) >= 11 is 0. The number of aryl methyl sites for hydroxylation is 1. The van der Waals surface area contributed by atoms with Crippen molar-refractivity contribution < 1.29 is 9.53 Å². The van der Waals surface area contributed by atoms with Crippen molar-refractivity contribution >= 4 is 5.97 Å². The van der Waals surface area contributed by atoms with Crippen molar-refractivity contribution in [1.82, 2.24) is 14.8 Å². The van der Waals surface area contributed by atoms with Crippen molar-refractivity contribution in [3.8, 4) is 0 Å². The lowest BCUT2D eigenvalue weighted by molar-refractivity contribution is 0.0503. The van der Waals surface area contributed by atoms with Gasteiger partial charge >= 0.3 is 5.97 Å². The number of nitrogens with zero attached hydrogens (tertiary/aromatic N) is 3. The molecule has 0 aliphatic heterocycles. The van der Waals surface area contributed by atoms with Gasteiger partial charge in [-0.1, -0.05) is 30.3 Å². The molecule has 1 aromatic heterocycles. The summed E-state index contributed by atoms with van der Waals surface area (Å²) < 4.78 is 6.86. The van der Waals surface area contributed by atoms with Gasteiger partial charge in [0.05, 0.1) is 6.61 Å². The lowest BCUT2D eigenvalue weighted by Gasteiger charge is -2.16. The molecule has 0 saturated carbocycles. The molecule has 0 spiro atoms. The fraction of sp³-hybridized carbons (Fsp3) is 0.400. The number of carbonyl (C=O) groups is 1. The Morgan fingerprint density at radius 2 is 2.00 bits per heavy atom. The Hall–Kier alpha value is -2.17. The fourth-order valence-corrected chi connectivity index (χ4v) is 2.28. The van der Waals surface area contributed by atoms with Crippen molar-refractivity contribution in [2.24, 2.45) is 0 Å². The van der Waals surface area contributed by atoms with E-state index in [9.17, 15) is 4.79 Å². The summed E-state index contributed by atoms with van der Waals surface area (Å²) in [6, 6.07) is 10.2. The van der Waals surface area contributed by atoms with Gasteiger partial charge in [0.25, 0.3) is 0 Å². The van der Waals surface area contributed by atoms with Gasteiger partial charge in [-0.3, -0.25) is 0 Å². The summed E-state index contributed by atoms with van der Waals surface area (Å²) in [6.07, 6.45) is 0.812. The lowest BCUT2D eigenvalue weighted by atomic mass is 10.1. The minimum absolute atomic E-state index is 0.0896. The second-order valence-corrected chi connectivity index (χ2v) is 4.70. The summed E-state index contributed by atoms with van der Waals surface area (Å²) in [5.74, 6) is 0.567. The third-order valence-electron chi connectivity index (χ3n) is 3.14. The monoisotopic (exact) mass is 273 g/mol. The summed E-state index contributed by atoms with van der Waals surface area (Å²) in [5.41, 5.74) is 1.21. The highest BCUT2D eigenvalue weighted by Gasteiger charge is 2.21. The summed E-state index contributed by atoms with van der Waals surface area (Å²) in [6.45, 7) is 6.00. The smallest absolute Gasteiger partial charge is 0.376 e. The Balaban J connectivity index is 2.23. The van der Waals surface area contributed by atoms with Crippen LogP contribution in [0, 0.1) is 6.92 Å². The molecule has 0 N–H and O–H groups in total. The van der Waals surface area contributed by atoms with Crippen molar-refractivity contribution in [3.63, 3.8) is 0 Å². The third kappa shape index (κ3) is 3.04. The molecule has 0 fully saturated rings. The minimum atomic E-state index is -0.423. The van der Waals surface area contributed by atoms with Gasteiger partial charge in [0.2, 0.25) is 5.82 Å². The van der Waals surface area contributed by atoms with Crippen LogP contribution in [0.1, 0.15) is 41.9 Å². The van der Waals surface area contributed by atoms with Gasteiger partial charge < -0.3 is 9.30 Å². The molecule has 2 aromatic rings. The SMILES string of the molecule is CCOC(=O)c1nnc(C)n1C(C)Cc1ccccc1. The first-order valence-corrected chi connectivity index (χ1v) is 6.76. The maximum atomic E-state index is 11.9. The molecule has 5 heteroatoms. The zero-order valence-corrected chi connectivity index (χ0v) is 12.0. The Kier molecular flexibility index (Phi) is 4.50. The van der Waals surface area contributed by atoms with Gasteiger partial charge in [0.15, 0.2) is 0 Å². The second-order valence-electron chi connectivity index (χ2n) is 4.70. The van der Waals surface area contributed by atoms with Crippen molar-refractivity contribution in [2.45, 2.75) is 33.2 Å². The molecule has 1 atom stereocenters. The van der Waals surface area contributed by atoms with Gasteiger partial charge in [-0.15, -0.1) is 10.2 Å². The molecular weight excluding hydrogens is 254 g/mol. The van der Waals surface area contributed by atoms with Crippen LogP contribution in [0.25, 0.3) is 0 Å². The highest BCUT2D eigenvalue weighted by Crippen LogP contribution is 2.17. The number of carbonyl (C=O) groups excluding carboxylic acids is 1.